The second-order valence-corrected chi connectivity index (χ2v) is 7.19. The minimum Gasteiger partial charge on any atom is -0.294 e. The SMILES string of the molecule is Cc1ccc(SCC(=O)c2cc(C)n(-c3nccs3)c2C)nc1. The maximum Gasteiger partial charge on any atom is 0.193 e. The summed E-state index contributed by atoms with van der Waals surface area (Å²) < 4.78 is 2.03. The molecule has 3 aromatic rings. The first-order chi connectivity index (χ1) is 11.1. The fourth-order valence-electron chi connectivity index (χ4n) is 2.42. The van der Waals surface area contributed by atoms with Gasteiger partial charge in [0.25, 0.3) is 0 Å². The lowest BCUT2D eigenvalue weighted by molar-refractivity contribution is 0.102. The lowest BCUT2D eigenvalue weighted by atomic mass is 10.2. The summed E-state index contributed by atoms with van der Waals surface area (Å²) in [7, 11) is 0. The molecule has 3 heterocycles. The minimum atomic E-state index is 0.119. The molecule has 4 nitrogen and oxygen atoms in total. The van der Waals surface area contributed by atoms with E-state index in [1.807, 2.05) is 55.1 Å². The van der Waals surface area contributed by atoms with Gasteiger partial charge in [-0.2, -0.15) is 0 Å². The molecule has 118 valence electrons. The van der Waals surface area contributed by atoms with E-state index in [4.69, 9.17) is 0 Å². The number of carbonyl (C=O) groups excluding carboxylic acids is 1. The first-order valence-electron chi connectivity index (χ1n) is 7.23. The number of nitrogens with zero attached hydrogens (tertiary/aromatic N) is 3. The number of carbonyl (C=O) groups is 1. The molecule has 6 heteroatoms. The number of thiazole rings is 1. The van der Waals surface area contributed by atoms with Crippen LogP contribution in [0.1, 0.15) is 27.3 Å². The Labute approximate surface area is 143 Å². The van der Waals surface area contributed by atoms with E-state index in [0.29, 0.717) is 5.75 Å². The third-order valence-corrected chi connectivity index (χ3v) is 5.28. The van der Waals surface area contributed by atoms with Crippen LogP contribution in [0.2, 0.25) is 0 Å². The van der Waals surface area contributed by atoms with Crippen LogP contribution in [0.25, 0.3) is 5.13 Å². The number of thioether (sulfide) groups is 1. The topological polar surface area (TPSA) is 47.8 Å². The number of ketones is 1. The van der Waals surface area contributed by atoms with E-state index >= 15 is 0 Å². The molecule has 0 bridgehead atoms. The molecule has 0 aliphatic rings. The van der Waals surface area contributed by atoms with Crippen molar-refractivity contribution >= 4 is 28.9 Å². The number of rotatable bonds is 5. The second kappa shape index (κ2) is 6.68. The fraction of sp³-hybridized carbons (Fsp3) is 0.235. The highest BCUT2D eigenvalue weighted by molar-refractivity contribution is 7.99. The van der Waals surface area contributed by atoms with Crippen LogP contribution >= 0.6 is 23.1 Å². The minimum absolute atomic E-state index is 0.119. The van der Waals surface area contributed by atoms with Gasteiger partial charge in [-0.05, 0) is 38.5 Å². The quantitative estimate of drug-likeness (QED) is 0.514. The van der Waals surface area contributed by atoms with E-state index < -0.39 is 0 Å². The standard InChI is InChI=1S/C17H17N3OS2/c1-11-4-5-16(19-9-11)23-10-15(21)14-8-12(2)20(13(14)3)17-18-6-7-22-17/h4-9H,10H2,1-3H3. The average molecular weight is 343 g/mol. The number of aromatic nitrogens is 3. The van der Waals surface area contributed by atoms with Crippen molar-refractivity contribution in [3.8, 4) is 5.13 Å². The largest absolute Gasteiger partial charge is 0.294 e. The molecule has 0 saturated carbocycles. The number of aryl methyl sites for hydroxylation is 2. The highest BCUT2D eigenvalue weighted by atomic mass is 32.2. The van der Waals surface area contributed by atoms with Crippen molar-refractivity contribution in [1.29, 1.82) is 0 Å². The smallest absolute Gasteiger partial charge is 0.193 e. The molecule has 0 N–H and O–H groups in total. The molecule has 0 aromatic carbocycles. The highest BCUT2D eigenvalue weighted by Gasteiger charge is 2.17. The summed E-state index contributed by atoms with van der Waals surface area (Å²) in [6, 6.07) is 5.91. The molecule has 3 aromatic heterocycles. The molecular weight excluding hydrogens is 326 g/mol. The van der Waals surface area contributed by atoms with Gasteiger partial charge >= 0.3 is 0 Å². The summed E-state index contributed by atoms with van der Waals surface area (Å²) in [5.41, 5.74) is 3.85. The predicted octanol–water partition coefficient (Wildman–Crippen LogP) is 4.23. The van der Waals surface area contributed by atoms with E-state index in [-0.39, 0.29) is 5.78 Å². The molecule has 0 radical (unpaired) electrons. The molecule has 0 aliphatic heterocycles. The summed E-state index contributed by atoms with van der Waals surface area (Å²) in [5.74, 6) is 0.506. The van der Waals surface area contributed by atoms with Crippen molar-refractivity contribution in [2.75, 3.05) is 5.75 Å². The average Bonchev–Trinajstić information content (AvgIpc) is 3.14. The lowest BCUT2D eigenvalue weighted by Crippen LogP contribution is -2.05. The molecule has 3 rings (SSSR count). The first kappa shape index (κ1) is 16.0. The van der Waals surface area contributed by atoms with Gasteiger partial charge in [0.15, 0.2) is 10.9 Å². The molecule has 0 aliphatic carbocycles. The maximum atomic E-state index is 12.6. The first-order valence-corrected chi connectivity index (χ1v) is 9.10. The molecule has 0 spiro atoms. The van der Waals surface area contributed by atoms with Crippen molar-refractivity contribution in [2.24, 2.45) is 0 Å². The number of pyridine rings is 1. The molecule has 0 atom stereocenters. The maximum absolute atomic E-state index is 12.6. The van der Waals surface area contributed by atoms with Crippen LogP contribution in [0.15, 0.2) is 41.0 Å². The molecule has 0 unspecified atom stereocenters. The van der Waals surface area contributed by atoms with Gasteiger partial charge in [-0.25, -0.2) is 9.97 Å². The van der Waals surface area contributed by atoms with Gasteiger partial charge in [-0.1, -0.05) is 17.8 Å². The van der Waals surface area contributed by atoms with Crippen molar-refractivity contribution in [1.82, 2.24) is 14.5 Å². The summed E-state index contributed by atoms with van der Waals surface area (Å²) in [6.07, 6.45) is 3.60. The monoisotopic (exact) mass is 343 g/mol. The van der Waals surface area contributed by atoms with Crippen molar-refractivity contribution in [3.05, 3.63) is 58.5 Å². The summed E-state index contributed by atoms with van der Waals surface area (Å²) in [5, 5.41) is 3.71. The Kier molecular flexibility index (Phi) is 4.63. The van der Waals surface area contributed by atoms with Gasteiger partial charge in [0.1, 0.15) is 0 Å². The van der Waals surface area contributed by atoms with Crippen LogP contribution in [0, 0.1) is 20.8 Å². The van der Waals surface area contributed by atoms with Gasteiger partial charge in [0, 0.05) is 34.7 Å². The van der Waals surface area contributed by atoms with E-state index in [0.717, 1.165) is 32.7 Å². The van der Waals surface area contributed by atoms with Crippen LogP contribution in [0.3, 0.4) is 0 Å². The lowest BCUT2D eigenvalue weighted by Gasteiger charge is -2.05. The van der Waals surface area contributed by atoms with Gasteiger partial charge in [0.2, 0.25) is 0 Å². The molecule has 23 heavy (non-hydrogen) atoms. The Morgan fingerprint density at radius 1 is 1.26 bits per heavy atom. The van der Waals surface area contributed by atoms with Gasteiger partial charge < -0.3 is 0 Å². The van der Waals surface area contributed by atoms with Crippen LogP contribution < -0.4 is 0 Å². The Bertz CT molecular complexity index is 820. The third kappa shape index (κ3) is 3.38. The van der Waals surface area contributed by atoms with Crippen LogP contribution in [-0.4, -0.2) is 26.1 Å². The second-order valence-electron chi connectivity index (χ2n) is 5.32. The summed E-state index contributed by atoms with van der Waals surface area (Å²) in [6.45, 7) is 5.97. The summed E-state index contributed by atoms with van der Waals surface area (Å²) >= 11 is 3.04. The molecular formula is C17H17N3OS2. The fourth-order valence-corrected chi connectivity index (χ4v) is 3.90. The van der Waals surface area contributed by atoms with E-state index in [1.54, 1.807) is 17.5 Å². The number of hydrogen-bond donors (Lipinski definition) is 0. The Balaban J connectivity index is 1.78. The van der Waals surface area contributed by atoms with Crippen LogP contribution in [0.5, 0.6) is 0 Å². The number of Topliss-reactive ketones (excluding diaryl/α,β-unsaturated/α-hetero) is 1. The Hall–Kier alpha value is -1.92. The third-order valence-electron chi connectivity index (χ3n) is 3.58. The van der Waals surface area contributed by atoms with Gasteiger partial charge in [0.05, 0.1) is 10.8 Å². The van der Waals surface area contributed by atoms with E-state index in [2.05, 4.69) is 9.97 Å². The van der Waals surface area contributed by atoms with E-state index in [9.17, 15) is 4.79 Å². The normalized spacial score (nSPS) is 10.9. The van der Waals surface area contributed by atoms with Crippen LogP contribution in [0.4, 0.5) is 0 Å². The predicted molar refractivity (Wildman–Crippen MR) is 94.9 cm³/mol. The van der Waals surface area contributed by atoms with Crippen molar-refractivity contribution < 1.29 is 4.79 Å². The number of hydrogen-bond acceptors (Lipinski definition) is 5. The molecule has 0 amide bonds. The summed E-state index contributed by atoms with van der Waals surface area (Å²) in [4.78, 5) is 21.2. The van der Waals surface area contributed by atoms with Gasteiger partial charge in [-0.15, -0.1) is 11.3 Å². The highest BCUT2D eigenvalue weighted by Crippen LogP contribution is 2.24. The van der Waals surface area contributed by atoms with E-state index in [1.165, 1.54) is 11.8 Å². The Morgan fingerprint density at radius 3 is 2.74 bits per heavy atom. The zero-order valence-electron chi connectivity index (χ0n) is 13.2. The van der Waals surface area contributed by atoms with Crippen molar-refractivity contribution in [2.45, 2.75) is 25.8 Å². The van der Waals surface area contributed by atoms with Crippen molar-refractivity contribution in [3.63, 3.8) is 0 Å². The van der Waals surface area contributed by atoms with Gasteiger partial charge in [-0.3, -0.25) is 9.36 Å². The molecule has 0 fully saturated rings. The zero-order chi connectivity index (χ0) is 16.4. The van der Waals surface area contributed by atoms with Crippen LogP contribution in [-0.2, 0) is 0 Å². The molecule has 0 saturated heterocycles. The zero-order valence-corrected chi connectivity index (χ0v) is 14.9. The Morgan fingerprint density at radius 2 is 2.09 bits per heavy atom.